The Hall–Kier alpha value is -3.92. The van der Waals surface area contributed by atoms with Gasteiger partial charge in [0.15, 0.2) is 0 Å². The van der Waals surface area contributed by atoms with Gasteiger partial charge in [0, 0.05) is 18.1 Å². The molecule has 4 aromatic carbocycles. The van der Waals surface area contributed by atoms with Crippen LogP contribution >= 0.6 is 0 Å². The van der Waals surface area contributed by atoms with Gasteiger partial charge in [-0.15, -0.1) is 0 Å². The van der Waals surface area contributed by atoms with E-state index in [0.717, 1.165) is 50.4 Å². The van der Waals surface area contributed by atoms with Crippen molar-refractivity contribution in [3.05, 3.63) is 108 Å². The maximum Gasteiger partial charge on any atom is 0.239 e. The quantitative estimate of drug-likeness (QED) is 0.279. The summed E-state index contributed by atoms with van der Waals surface area (Å²) in [5.74, 6) is -0.579. The highest BCUT2D eigenvalue weighted by Crippen LogP contribution is 2.34. The summed E-state index contributed by atoms with van der Waals surface area (Å²) in [7, 11) is 1.99. The van der Waals surface area contributed by atoms with E-state index in [-0.39, 0.29) is 11.6 Å². The summed E-state index contributed by atoms with van der Waals surface area (Å²) in [6, 6.07) is 25.7. The van der Waals surface area contributed by atoms with Crippen LogP contribution in [0.3, 0.4) is 0 Å². The van der Waals surface area contributed by atoms with Crippen molar-refractivity contribution in [1.82, 2.24) is 4.98 Å². The van der Waals surface area contributed by atoms with Gasteiger partial charge in [0.2, 0.25) is 11.4 Å². The Labute approximate surface area is 191 Å². The normalized spacial score (nSPS) is 11.2. The Morgan fingerprint density at radius 1 is 0.667 bits per heavy atom. The van der Waals surface area contributed by atoms with Gasteiger partial charge in [-0.2, -0.15) is 4.57 Å². The molecule has 0 fully saturated rings. The highest BCUT2D eigenvalue weighted by Gasteiger charge is 2.27. The molecule has 0 aliphatic carbocycles. The van der Waals surface area contributed by atoms with Gasteiger partial charge in [-0.05, 0) is 71.8 Å². The number of hydrogen-bond acceptors (Lipinski definition) is 1. The van der Waals surface area contributed by atoms with Crippen molar-refractivity contribution < 1.29 is 13.3 Å². The first-order chi connectivity index (χ1) is 15.9. The summed E-state index contributed by atoms with van der Waals surface area (Å²) >= 11 is 0. The minimum atomic E-state index is -0.301. The van der Waals surface area contributed by atoms with Gasteiger partial charge in [0.25, 0.3) is 0 Å². The van der Waals surface area contributed by atoms with Crippen LogP contribution in [0.2, 0.25) is 0 Å². The molecule has 0 amide bonds. The van der Waals surface area contributed by atoms with Crippen LogP contribution in [-0.4, -0.2) is 4.98 Å². The van der Waals surface area contributed by atoms with E-state index in [4.69, 9.17) is 4.98 Å². The lowest BCUT2D eigenvalue weighted by atomic mass is 9.97. The summed E-state index contributed by atoms with van der Waals surface area (Å²) in [5.41, 5.74) is 6.93. The number of rotatable bonds is 3. The third-order valence-electron chi connectivity index (χ3n) is 6.21. The Bertz CT molecular complexity index is 1510. The standard InChI is InChI=1S/C29H23F2N2/c1-18-16-25(31)14-15-26(18)29-28(21-10-12-24(30)13-11-21)32-27(19(2)33(29)3)23-9-8-20-6-4-5-7-22(20)17-23/h4-17H,1-3H3/q+1. The third kappa shape index (κ3) is 3.78. The van der Waals surface area contributed by atoms with Gasteiger partial charge >= 0.3 is 0 Å². The van der Waals surface area contributed by atoms with E-state index in [0.29, 0.717) is 0 Å². The average molecular weight is 438 g/mol. The van der Waals surface area contributed by atoms with Crippen LogP contribution in [0.1, 0.15) is 11.3 Å². The molecule has 162 valence electrons. The molecule has 0 atom stereocenters. The second-order valence-electron chi connectivity index (χ2n) is 8.33. The number of nitrogens with zero attached hydrogens (tertiary/aromatic N) is 2. The molecule has 0 saturated heterocycles. The maximum atomic E-state index is 13.9. The number of hydrogen-bond donors (Lipinski definition) is 0. The van der Waals surface area contributed by atoms with Crippen molar-refractivity contribution >= 4 is 10.8 Å². The summed E-state index contributed by atoms with van der Waals surface area (Å²) in [4.78, 5) is 5.11. The minimum absolute atomic E-state index is 0.278. The summed E-state index contributed by atoms with van der Waals surface area (Å²) in [6.07, 6.45) is 0. The molecule has 2 nitrogen and oxygen atoms in total. The number of aryl methyl sites for hydroxylation is 1. The van der Waals surface area contributed by atoms with E-state index in [1.807, 2.05) is 33.0 Å². The van der Waals surface area contributed by atoms with Crippen LogP contribution in [0.15, 0.2) is 84.9 Å². The third-order valence-corrected chi connectivity index (χ3v) is 6.21. The second kappa shape index (κ2) is 8.21. The molecular formula is C29H23F2N2+. The zero-order valence-electron chi connectivity index (χ0n) is 18.7. The zero-order valence-corrected chi connectivity index (χ0v) is 18.7. The van der Waals surface area contributed by atoms with Gasteiger partial charge in [0.1, 0.15) is 30.1 Å². The molecule has 0 aliphatic rings. The number of fused-ring (bicyclic) bond motifs is 1. The molecule has 1 heterocycles. The number of aromatic nitrogens is 2. The van der Waals surface area contributed by atoms with Crippen molar-refractivity contribution in [2.45, 2.75) is 13.8 Å². The number of halogens is 2. The lowest BCUT2D eigenvalue weighted by Gasteiger charge is -2.14. The van der Waals surface area contributed by atoms with Crippen LogP contribution in [-0.2, 0) is 7.05 Å². The molecule has 5 rings (SSSR count). The average Bonchev–Trinajstić information content (AvgIpc) is 2.82. The van der Waals surface area contributed by atoms with E-state index in [9.17, 15) is 8.78 Å². The smallest absolute Gasteiger partial charge is 0.234 e. The Kier molecular flexibility index (Phi) is 5.21. The van der Waals surface area contributed by atoms with Gasteiger partial charge in [-0.1, -0.05) is 36.4 Å². The van der Waals surface area contributed by atoms with Crippen molar-refractivity contribution in [3.63, 3.8) is 0 Å². The SMILES string of the molecule is Cc1cc(F)ccc1-c1c(-c2ccc(F)cc2)nc(-c2ccc3ccccc3c2)c(C)[n+]1C. The largest absolute Gasteiger partial charge is 0.239 e. The van der Waals surface area contributed by atoms with E-state index < -0.39 is 0 Å². The number of benzene rings is 4. The van der Waals surface area contributed by atoms with Gasteiger partial charge in [-0.25, -0.2) is 13.8 Å². The molecule has 0 bridgehead atoms. The first-order valence-electron chi connectivity index (χ1n) is 10.8. The second-order valence-corrected chi connectivity index (χ2v) is 8.33. The Morgan fingerprint density at radius 3 is 2.06 bits per heavy atom. The van der Waals surface area contributed by atoms with Gasteiger partial charge in [0.05, 0.1) is 5.56 Å². The molecule has 0 saturated carbocycles. The fraction of sp³-hybridized carbons (Fsp3) is 0.103. The van der Waals surface area contributed by atoms with Crippen LogP contribution in [0.4, 0.5) is 8.78 Å². The Morgan fingerprint density at radius 2 is 1.33 bits per heavy atom. The molecular weight excluding hydrogens is 414 g/mol. The molecule has 0 unspecified atom stereocenters. The molecule has 0 aliphatic heterocycles. The van der Waals surface area contributed by atoms with Crippen molar-refractivity contribution in [1.29, 1.82) is 0 Å². The predicted molar refractivity (Wildman–Crippen MR) is 129 cm³/mol. The van der Waals surface area contributed by atoms with E-state index >= 15 is 0 Å². The molecule has 4 heteroatoms. The van der Waals surface area contributed by atoms with E-state index in [2.05, 4.69) is 34.9 Å². The lowest BCUT2D eigenvalue weighted by molar-refractivity contribution is -0.666. The van der Waals surface area contributed by atoms with Crippen LogP contribution < -0.4 is 4.57 Å². The van der Waals surface area contributed by atoms with Gasteiger partial charge < -0.3 is 0 Å². The first kappa shape index (κ1) is 21.0. The van der Waals surface area contributed by atoms with Crippen molar-refractivity contribution in [2.75, 3.05) is 0 Å². The topological polar surface area (TPSA) is 16.8 Å². The molecule has 0 N–H and O–H groups in total. The minimum Gasteiger partial charge on any atom is -0.234 e. The fourth-order valence-electron chi connectivity index (χ4n) is 4.35. The molecule has 0 spiro atoms. The highest BCUT2D eigenvalue weighted by molar-refractivity contribution is 5.87. The van der Waals surface area contributed by atoms with Crippen molar-refractivity contribution in [2.24, 2.45) is 7.05 Å². The lowest BCUT2D eigenvalue weighted by Crippen LogP contribution is -2.37. The zero-order chi connectivity index (χ0) is 23.1. The molecule has 0 radical (unpaired) electrons. The molecule has 33 heavy (non-hydrogen) atoms. The van der Waals surface area contributed by atoms with Gasteiger partial charge in [-0.3, -0.25) is 0 Å². The summed E-state index contributed by atoms with van der Waals surface area (Å²) < 4.78 is 29.7. The predicted octanol–water partition coefficient (Wildman–Crippen LogP) is 6.96. The van der Waals surface area contributed by atoms with Crippen LogP contribution in [0.25, 0.3) is 44.5 Å². The van der Waals surface area contributed by atoms with E-state index in [1.165, 1.54) is 29.7 Å². The summed E-state index contributed by atoms with van der Waals surface area (Å²) in [5, 5.41) is 2.31. The highest BCUT2D eigenvalue weighted by atomic mass is 19.1. The van der Waals surface area contributed by atoms with Crippen molar-refractivity contribution in [3.8, 4) is 33.8 Å². The molecule has 5 aromatic rings. The fourth-order valence-corrected chi connectivity index (χ4v) is 4.35. The summed E-state index contributed by atoms with van der Waals surface area (Å²) in [6.45, 7) is 3.92. The van der Waals surface area contributed by atoms with E-state index in [1.54, 1.807) is 18.2 Å². The van der Waals surface area contributed by atoms with Crippen LogP contribution in [0.5, 0.6) is 0 Å². The Balaban J connectivity index is 1.81. The molecule has 1 aromatic heterocycles. The first-order valence-corrected chi connectivity index (χ1v) is 10.8. The van der Waals surface area contributed by atoms with Crippen LogP contribution in [0, 0.1) is 25.5 Å². The monoisotopic (exact) mass is 437 g/mol. The maximum absolute atomic E-state index is 13.9.